The average Bonchev–Trinajstić information content (AvgIpc) is 2.93. The van der Waals surface area contributed by atoms with Crippen LogP contribution in [0.3, 0.4) is 0 Å². The number of nitrogens with zero attached hydrogens (tertiary/aromatic N) is 4. The van der Waals surface area contributed by atoms with Gasteiger partial charge < -0.3 is 19.9 Å². The van der Waals surface area contributed by atoms with Crippen molar-refractivity contribution in [3.8, 4) is 5.75 Å². The van der Waals surface area contributed by atoms with E-state index in [2.05, 4.69) is 32.4 Å². The number of hydrogen-bond donors (Lipinski definition) is 2. The summed E-state index contributed by atoms with van der Waals surface area (Å²) in [5.41, 5.74) is 1.10. The van der Waals surface area contributed by atoms with E-state index in [-0.39, 0.29) is 0 Å². The van der Waals surface area contributed by atoms with Crippen molar-refractivity contribution >= 4 is 5.96 Å². The zero-order chi connectivity index (χ0) is 17.4. The quantitative estimate of drug-likeness (QED) is 0.458. The first-order valence-corrected chi connectivity index (χ1v) is 7.75. The molecule has 0 atom stereocenters. The minimum absolute atomic E-state index is 0.545. The molecule has 0 saturated carbocycles. The van der Waals surface area contributed by atoms with Gasteiger partial charge in [-0.3, -0.25) is 0 Å². The number of nitrogens with one attached hydrogen (secondary N) is 2. The van der Waals surface area contributed by atoms with Gasteiger partial charge in [0.1, 0.15) is 11.6 Å². The number of guanidine groups is 1. The second kappa shape index (κ2) is 8.71. The second-order valence-electron chi connectivity index (χ2n) is 5.26. The molecule has 1 aromatic heterocycles. The van der Waals surface area contributed by atoms with Gasteiger partial charge in [-0.25, -0.2) is 4.99 Å². The topological polar surface area (TPSA) is 76.4 Å². The molecule has 7 heteroatoms. The first-order valence-electron chi connectivity index (χ1n) is 7.75. The Balaban J connectivity index is 2.00. The third-order valence-electron chi connectivity index (χ3n) is 3.59. The van der Waals surface area contributed by atoms with Gasteiger partial charge in [0.05, 0.1) is 20.2 Å². The maximum atomic E-state index is 5.16. The van der Waals surface area contributed by atoms with Crippen molar-refractivity contribution in [3.05, 3.63) is 54.1 Å². The van der Waals surface area contributed by atoms with E-state index in [9.17, 15) is 0 Å². The van der Waals surface area contributed by atoms with Crippen molar-refractivity contribution in [1.29, 1.82) is 0 Å². The van der Waals surface area contributed by atoms with Gasteiger partial charge in [0.15, 0.2) is 11.8 Å². The van der Waals surface area contributed by atoms with Crippen LogP contribution >= 0.6 is 0 Å². The summed E-state index contributed by atoms with van der Waals surface area (Å²) in [6, 6.07) is 7.86. The highest BCUT2D eigenvalue weighted by Crippen LogP contribution is 2.11. The smallest absolute Gasteiger partial charge is 0.192 e. The summed E-state index contributed by atoms with van der Waals surface area (Å²) in [6.07, 6.45) is 1.79. The summed E-state index contributed by atoms with van der Waals surface area (Å²) in [6.45, 7) is 7.38. The largest absolute Gasteiger partial charge is 0.497 e. The lowest BCUT2D eigenvalue weighted by Gasteiger charge is -2.11. The highest BCUT2D eigenvalue weighted by Gasteiger charge is 2.06. The van der Waals surface area contributed by atoms with E-state index in [1.807, 2.05) is 42.8 Å². The fourth-order valence-electron chi connectivity index (χ4n) is 2.01. The van der Waals surface area contributed by atoms with E-state index >= 15 is 0 Å². The molecular formula is C17H24N6O. The molecule has 0 aliphatic carbocycles. The molecule has 0 unspecified atom stereocenters. The summed E-state index contributed by atoms with van der Waals surface area (Å²) < 4.78 is 7.11. The summed E-state index contributed by atoms with van der Waals surface area (Å²) in [4.78, 5) is 4.59. The molecule has 0 saturated heterocycles. The number of hydrogen-bond acceptors (Lipinski definition) is 4. The molecule has 2 rings (SSSR count). The Kier molecular flexibility index (Phi) is 6.36. The number of methoxy groups -OCH3 is 1. The van der Waals surface area contributed by atoms with Crippen molar-refractivity contribution in [2.24, 2.45) is 12.0 Å². The molecule has 0 spiro atoms. The minimum atomic E-state index is 0.545. The van der Waals surface area contributed by atoms with Crippen LogP contribution in [-0.2, 0) is 20.1 Å². The molecule has 0 aliphatic rings. The van der Waals surface area contributed by atoms with E-state index in [4.69, 9.17) is 4.74 Å². The molecule has 2 N–H and O–H groups in total. The Morgan fingerprint density at radius 1 is 1.29 bits per heavy atom. The van der Waals surface area contributed by atoms with Gasteiger partial charge >= 0.3 is 0 Å². The maximum absolute atomic E-state index is 5.16. The van der Waals surface area contributed by atoms with Gasteiger partial charge in [-0.15, -0.1) is 16.8 Å². The van der Waals surface area contributed by atoms with Crippen molar-refractivity contribution in [1.82, 2.24) is 25.4 Å². The zero-order valence-electron chi connectivity index (χ0n) is 14.4. The molecule has 2 aromatic rings. The van der Waals surface area contributed by atoms with E-state index in [0.29, 0.717) is 25.6 Å². The minimum Gasteiger partial charge on any atom is -0.497 e. The van der Waals surface area contributed by atoms with E-state index in [1.54, 1.807) is 13.2 Å². The number of ether oxygens (including phenoxy) is 1. The van der Waals surface area contributed by atoms with Gasteiger partial charge in [-0.2, -0.15) is 0 Å². The van der Waals surface area contributed by atoms with Gasteiger partial charge in [-0.1, -0.05) is 18.2 Å². The lowest BCUT2D eigenvalue weighted by molar-refractivity contribution is 0.414. The molecular weight excluding hydrogens is 304 g/mol. The third kappa shape index (κ3) is 4.84. The third-order valence-corrected chi connectivity index (χ3v) is 3.59. The van der Waals surface area contributed by atoms with Crippen LogP contribution in [0.25, 0.3) is 0 Å². The van der Waals surface area contributed by atoms with Crippen LogP contribution in [0.2, 0.25) is 0 Å². The Hall–Kier alpha value is -2.83. The fourth-order valence-corrected chi connectivity index (χ4v) is 2.01. The second-order valence-corrected chi connectivity index (χ2v) is 5.26. The first-order chi connectivity index (χ1) is 11.6. The van der Waals surface area contributed by atoms with Crippen LogP contribution in [0.4, 0.5) is 0 Å². The molecule has 0 aliphatic heterocycles. The monoisotopic (exact) mass is 328 g/mol. The molecule has 1 heterocycles. The predicted molar refractivity (Wildman–Crippen MR) is 94.9 cm³/mol. The van der Waals surface area contributed by atoms with Gasteiger partial charge in [0, 0.05) is 13.6 Å². The van der Waals surface area contributed by atoms with E-state index in [1.165, 1.54) is 0 Å². The molecule has 24 heavy (non-hydrogen) atoms. The highest BCUT2D eigenvalue weighted by atomic mass is 16.5. The van der Waals surface area contributed by atoms with Gasteiger partial charge in [0.2, 0.25) is 0 Å². The summed E-state index contributed by atoms with van der Waals surface area (Å²) in [5.74, 6) is 3.27. The lowest BCUT2D eigenvalue weighted by Crippen LogP contribution is -2.37. The Morgan fingerprint density at radius 2 is 2.04 bits per heavy atom. The van der Waals surface area contributed by atoms with E-state index in [0.717, 1.165) is 23.0 Å². The summed E-state index contributed by atoms with van der Waals surface area (Å²) in [7, 11) is 3.60. The first kappa shape index (κ1) is 17.5. The van der Waals surface area contributed by atoms with Crippen LogP contribution in [0.15, 0.2) is 41.9 Å². The molecule has 0 radical (unpaired) electrons. The lowest BCUT2D eigenvalue weighted by atomic mass is 10.2. The van der Waals surface area contributed by atoms with Crippen LogP contribution in [-0.4, -0.2) is 34.4 Å². The van der Waals surface area contributed by atoms with Crippen LogP contribution in [0.5, 0.6) is 5.75 Å². The normalized spacial score (nSPS) is 11.2. The molecule has 1 aromatic carbocycles. The zero-order valence-corrected chi connectivity index (χ0v) is 14.4. The fraction of sp³-hybridized carbons (Fsp3) is 0.353. The molecule has 0 bridgehead atoms. The van der Waals surface area contributed by atoms with Crippen LogP contribution in [0, 0.1) is 6.92 Å². The SMILES string of the molecule is C=CCNC(=NCc1ccc(OC)cc1)NCc1nnc(C)n1C. The summed E-state index contributed by atoms with van der Waals surface area (Å²) in [5, 5.41) is 14.6. The standard InChI is InChI=1S/C17H24N6O/c1-5-10-18-17(20-12-16-22-21-13(2)23(16)3)19-11-14-6-8-15(24-4)9-7-14/h5-9H,1,10-12H2,2-4H3,(H2,18,19,20). The number of benzene rings is 1. The summed E-state index contributed by atoms with van der Waals surface area (Å²) >= 11 is 0. The number of rotatable bonds is 7. The van der Waals surface area contributed by atoms with Crippen molar-refractivity contribution < 1.29 is 4.74 Å². The predicted octanol–water partition coefficient (Wildman–Crippen LogP) is 1.55. The number of aliphatic imine (C=N–C) groups is 1. The molecule has 0 amide bonds. The maximum Gasteiger partial charge on any atom is 0.192 e. The molecule has 7 nitrogen and oxygen atoms in total. The van der Waals surface area contributed by atoms with Crippen molar-refractivity contribution in [2.75, 3.05) is 13.7 Å². The Bertz CT molecular complexity index is 690. The van der Waals surface area contributed by atoms with E-state index < -0.39 is 0 Å². The molecule has 128 valence electrons. The van der Waals surface area contributed by atoms with Crippen LogP contribution in [0.1, 0.15) is 17.2 Å². The van der Waals surface area contributed by atoms with Gasteiger partial charge in [-0.05, 0) is 24.6 Å². The van der Waals surface area contributed by atoms with Crippen molar-refractivity contribution in [2.45, 2.75) is 20.0 Å². The van der Waals surface area contributed by atoms with Gasteiger partial charge in [0.25, 0.3) is 0 Å². The Labute approximate surface area is 142 Å². The highest BCUT2D eigenvalue weighted by molar-refractivity contribution is 5.79. The average molecular weight is 328 g/mol. The number of aryl methyl sites for hydroxylation is 1. The van der Waals surface area contributed by atoms with Crippen molar-refractivity contribution in [3.63, 3.8) is 0 Å². The Morgan fingerprint density at radius 3 is 2.62 bits per heavy atom. The molecule has 0 fully saturated rings. The van der Waals surface area contributed by atoms with Crippen LogP contribution < -0.4 is 15.4 Å². The number of aromatic nitrogens is 3.